The first-order chi connectivity index (χ1) is 16.0. The number of carbonyl (C=O) groups is 1. The average molecular weight is 510 g/mol. The number of hydrogen-bond acceptors (Lipinski definition) is 3. The molecule has 1 saturated carbocycles. The van der Waals surface area contributed by atoms with Crippen molar-refractivity contribution in [3.8, 4) is 0 Å². The van der Waals surface area contributed by atoms with E-state index in [0.717, 1.165) is 44.0 Å². The predicted octanol–water partition coefficient (Wildman–Crippen LogP) is 5.83. The van der Waals surface area contributed by atoms with Crippen LogP contribution in [0.5, 0.6) is 0 Å². The third-order valence-corrected chi connectivity index (χ3v) is 8.35. The summed E-state index contributed by atoms with van der Waals surface area (Å²) in [6.07, 6.45) is 4.33. The summed E-state index contributed by atoms with van der Waals surface area (Å²) in [6, 6.07) is 7.77. The van der Waals surface area contributed by atoms with Crippen molar-refractivity contribution in [2.45, 2.75) is 83.7 Å². The molecule has 0 radical (unpaired) electrons. The van der Waals surface area contributed by atoms with Gasteiger partial charge in [0.2, 0.25) is 10.0 Å². The molecule has 1 amide bonds. The zero-order chi connectivity index (χ0) is 26.3. The molecule has 0 saturated heterocycles. The summed E-state index contributed by atoms with van der Waals surface area (Å²) in [5, 5.41) is 2.79. The summed E-state index contributed by atoms with van der Waals surface area (Å²) < 4.78 is 55.1. The summed E-state index contributed by atoms with van der Waals surface area (Å²) in [5.41, 5.74) is 2.30. The number of aromatic nitrogens is 1. The van der Waals surface area contributed by atoms with E-state index in [-0.39, 0.29) is 29.0 Å². The number of hydrogen-bond donors (Lipinski definition) is 1. The molecule has 1 heterocycles. The monoisotopic (exact) mass is 509 g/mol. The minimum atomic E-state index is -3.25. The van der Waals surface area contributed by atoms with Gasteiger partial charge in [-0.2, -0.15) is 0 Å². The molecule has 194 valence electrons. The Balaban J connectivity index is 1.88. The maximum absolute atomic E-state index is 13.7. The first-order valence-corrected chi connectivity index (χ1v) is 13.8. The average Bonchev–Trinajstić information content (AvgIpc) is 3.10. The van der Waals surface area contributed by atoms with Crippen LogP contribution in [0.15, 0.2) is 30.3 Å². The van der Waals surface area contributed by atoms with Crippen molar-refractivity contribution in [1.82, 2.24) is 8.87 Å². The molecule has 2 aromatic rings. The highest BCUT2D eigenvalue weighted by Gasteiger charge is 2.33. The molecule has 6 nitrogen and oxygen atoms in total. The van der Waals surface area contributed by atoms with Crippen LogP contribution in [0.2, 0.25) is 0 Å². The van der Waals surface area contributed by atoms with Crippen molar-refractivity contribution in [3.63, 3.8) is 0 Å². The highest BCUT2D eigenvalue weighted by atomic mass is 32.2. The normalized spacial score (nSPS) is 19.7. The predicted molar refractivity (Wildman–Crippen MR) is 136 cm³/mol. The van der Waals surface area contributed by atoms with E-state index >= 15 is 0 Å². The molecule has 1 aromatic heterocycles. The quantitative estimate of drug-likeness (QED) is 0.532. The zero-order valence-electron chi connectivity index (χ0n) is 21.7. The standard InChI is InChI=1S/C26H37F2N3O3S/c1-17-22(24(32)29-19-10-8-9-18(15-19)26(5,27)28)16-23(25(2,3)4)31(17)21-13-11-20(12-14-21)30(6)35(7,33)34/h8-10,15-16,20-21H,11-14H2,1-7H3,(H,29,32)/t20-,21+. The Bertz CT molecular complexity index is 1190. The molecule has 3 rings (SSSR count). The Morgan fingerprint density at radius 2 is 1.69 bits per heavy atom. The Labute approximate surface area is 207 Å². The summed E-state index contributed by atoms with van der Waals surface area (Å²) in [5.74, 6) is -3.34. The van der Waals surface area contributed by atoms with Gasteiger partial charge in [-0.25, -0.2) is 21.5 Å². The number of rotatable bonds is 6. The van der Waals surface area contributed by atoms with Crippen LogP contribution in [-0.2, 0) is 21.4 Å². The number of nitrogens with one attached hydrogen (secondary N) is 1. The summed E-state index contributed by atoms with van der Waals surface area (Å²) >= 11 is 0. The molecule has 1 fully saturated rings. The van der Waals surface area contributed by atoms with Crippen molar-refractivity contribution in [1.29, 1.82) is 0 Å². The number of carbonyl (C=O) groups excluding carboxylic acids is 1. The van der Waals surface area contributed by atoms with Gasteiger partial charge in [0.05, 0.1) is 11.8 Å². The van der Waals surface area contributed by atoms with Gasteiger partial charge in [-0.05, 0) is 50.8 Å². The van der Waals surface area contributed by atoms with Gasteiger partial charge in [0.15, 0.2) is 0 Å². The van der Waals surface area contributed by atoms with Crippen LogP contribution in [0.4, 0.5) is 14.5 Å². The number of nitrogens with zero attached hydrogens (tertiary/aromatic N) is 2. The van der Waals surface area contributed by atoms with Gasteiger partial charge in [-0.3, -0.25) is 4.79 Å². The van der Waals surface area contributed by atoms with E-state index in [1.807, 2.05) is 13.0 Å². The number of alkyl halides is 2. The van der Waals surface area contributed by atoms with Crippen molar-refractivity contribution in [2.75, 3.05) is 18.6 Å². The van der Waals surface area contributed by atoms with E-state index in [2.05, 4.69) is 30.7 Å². The van der Waals surface area contributed by atoms with E-state index < -0.39 is 15.9 Å². The van der Waals surface area contributed by atoms with Gasteiger partial charge in [0, 0.05) is 54.1 Å². The summed E-state index contributed by atoms with van der Waals surface area (Å²) in [4.78, 5) is 13.2. The highest BCUT2D eigenvalue weighted by Crippen LogP contribution is 2.38. The second-order valence-corrected chi connectivity index (χ2v) is 12.9. The Morgan fingerprint density at radius 3 is 2.20 bits per heavy atom. The molecule has 0 aliphatic heterocycles. The first kappa shape index (κ1) is 27.3. The second-order valence-electron chi connectivity index (χ2n) is 10.8. The minimum Gasteiger partial charge on any atom is -0.345 e. The topological polar surface area (TPSA) is 71.4 Å². The summed E-state index contributed by atoms with van der Waals surface area (Å²) in [6.45, 7) is 9.02. The van der Waals surface area contributed by atoms with Crippen LogP contribution in [-0.4, -0.2) is 42.5 Å². The van der Waals surface area contributed by atoms with Gasteiger partial charge in [-0.15, -0.1) is 0 Å². The van der Waals surface area contributed by atoms with E-state index in [1.165, 1.54) is 28.8 Å². The van der Waals surface area contributed by atoms with Crippen LogP contribution in [0.25, 0.3) is 0 Å². The molecular formula is C26H37F2N3O3S. The molecule has 0 unspecified atom stereocenters. The fraction of sp³-hybridized carbons (Fsp3) is 0.577. The fourth-order valence-corrected chi connectivity index (χ4v) is 5.67. The maximum Gasteiger partial charge on any atom is 0.270 e. The molecule has 35 heavy (non-hydrogen) atoms. The van der Waals surface area contributed by atoms with Crippen LogP contribution in [0.3, 0.4) is 0 Å². The molecule has 1 aliphatic carbocycles. The van der Waals surface area contributed by atoms with Gasteiger partial charge < -0.3 is 9.88 Å². The smallest absolute Gasteiger partial charge is 0.270 e. The summed E-state index contributed by atoms with van der Waals surface area (Å²) in [7, 11) is -1.61. The Kier molecular flexibility index (Phi) is 7.54. The van der Waals surface area contributed by atoms with Crippen molar-refractivity contribution in [3.05, 3.63) is 52.8 Å². The molecule has 1 aliphatic rings. The number of sulfonamides is 1. The molecule has 9 heteroatoms. The van der Waals surface area contributed by atoms with E-state index in [4.69, 9.17) is 0 Å². The molecule has 1 N–H and O–H groups in total. The molecule has 0 spiro atoms. The van der Waals surface area contributed by atoms with Crippen LogP contribution in [0.1, 0.15) is 86.7 Å². The van der Waals surface area contributed by atoms with Gasteiger partial charge in [-0.1, -0.05) is 32.9 Å². The minimum absolute atomic E-state index is 0.0260. The lowest BCUT2D eigenvalue weighted by atomic mass is 9.88. The number of amides is 1. The first-order valence-electron chi connectivity index (χ1n) is 11.9. The highest BCUT2D eigenvalue weighted by molar-refractivity contribution is 7.88. The third kappa shape index (κ3) is 6.12. The Morgan fingerprint density at radius 1 is 1.09 bits per heavy atom. The van der Waals surface area contributed by atoms with Crippen LogP contribution >= 0.6 is 0 Å². The fourth-order valence-electron chi connectivity index (χ4n) is 4.92. The van der Waals surface area contributed by atoms with E-state index in [9.17, 15) is 22.0 Å². The van der Waals surface area contributed by atoms with Crippen molar-refractivity contribution < 1.29 is 22.0 Å². The number of benzene rings is 1. The lowest BCUT2D eigenvalue weighted by Gasteiger charge is -2.36. The molecule has 0 bridgehead atoms. The SMILES string of the molecule is Cc1c(C(=O)Nc2cccc(C(C)(F)F)c2)cc(C(C)(C)C)n1[C@H]1CC[C@@H](N(C)S(C)(=O)=O)CC1. The van der Waals surface area contributed by atoms with E-state index in [1.54, 1.807) is 13.1 Å². The lowest BCUT2D eigenvalue weighted by molar-refractivity contribution is 0.0175. The second kappa shape index (κ2) is 9.65. The largest absolute Gasteiger partial charge is 0.345 e. The Hall–Kier alpha value is -2.26. The lowest BCUT2D eigenvalue weighted by Crippen LogP contribution is -2.39. The van der Waals surface area contributed by atoms with Gasteiger partial charge in [0.1, 0.15) is 0 Å². The maximum atomic E-state index is 13.7. The molecule has 1 aromatic carbocycles. The van der Waals surface area contributed by atoms with Crippen molar-refractivity contribution in [2.24, 2.45) is 0 Å². The van der Waals surface area contributed by atoms with Gasteiger partial charge in [0.25, 0.3) is 11.8 Å². The third-order valence-electron chi connectivity index (χ3n) is 7.00. The molecular weight excluding hydrogens is 472 g/mol. The molecule has 0 atom stereocenters. The van der Waals surface area contributed by atoms with Crippen LogP contribution < -0.4 is 5.32 Å². The van der Waals surface area contributed by atoms with Gasteiger partial charge >= 0.3 is 0 Å². The van der Waals surface area contributed by atoms with Crippen molar-refractivity contribution >= 4 is 21.6 Å². The number of halogens is 2. The van der Waals surface area contributed by atoms with E-state index in [0.29, 0.717) is 11.3 Å². The van der Waals surface area contributed by atoms with Crippen LogP contribution in [0, 0.1) is 6.92 Å². The number of anilines is 1. The zero-order valence-corrected chi connectivity index (χ0v) is 22.5.